The third-order valence-corrected chi connectivity index (χ3v) is 6.17. The second-order valence-electron chi connectivity index (χ2n) is 6.16. The molecule has 0 saturated carbocycles. The maximum absolute atomic E-state index is 13.4. The van der Waals surface area contributed by atoms with Crippen molar-refractivity contribution in [2.75, 3.05) is 42.9 Å². The van der Waals surface area contributed by atoms with Crippen molar-refractivity contribution in [3.8, 4) is 0 Å². The number of nitrogens with one attached hydrogen (secondary N) is 1. The summed E-state index contributed by atoms with van der Waals surface area (Å²) in [5, 5.41) is 3.14. The zero-order valence-electron chi connectivity index (χ0n) is 15.1. The van der Waals surface area contributed by atoms with E-state index in [1.165, 1.54) is 4.31 Å². The molecule has 7 nitrogen and oxygen atoms in total. The summed E-state index contributed by atoms with van der Waals surface area (Å²) in [6.07, 6.45) is 0. The lowest BCUT2D eigenvalue weighted by Gasteiger charge is -2.34. The molecule has 2 aromatic rings. The first kappa shape index (κ1) is 19.4. The van der Waals surface area contributed by atoms with Crippen molar-refractivity contribution in [3.05, 3.63) is 41.7 Å². The van der Waals surface area contributed by atoms with Gasteiger partial charge >= 0.3 is 0 Å². The van der Waals surface area contributed by atoms with Crippen molar-refractivity contribution in [2.45, 2.75) is 18.7 Å². The van der Waals surface area contributed by atoms with Gasteiger partial charge in [-0.25, -0.2) is 27.2 Å². The van der Waals surface area contributed by atoms with Crippen LogP contribution < -0.4 is 10.2 Å². The molecule has 1 fully saturated rings. The molecule has 0 bridgehead atoms. The van der Waals surface area contributed by atoms with Crippen LogP contribution in [0.4, 0.5) is 20.4 Å². The molecular weight excluding hydrogens is 376 g/mol. The van der Waals surface area contributed by atoms with Gasteiger partial charge in [0, 0.05) is 38.8 Å². The minimum Gasteiger partial charge on any atom is -0.370 e. The van der Waals surface area contributed by atoms with E-state index in [2.05, 4.69) is 15.3 Å². The molecule has 0 unspecified atom stereocenters. The van der Waals surface area contributed by atoms with Crippen molar-refractivity contribution in [3.63, 3.8) is 0 Å². The standard InChI is InChI=1S/C17H21F2N5O2S/c1-3-20-16-11-17(22-12(2)21-16)23-6-8-24(9-7-23)27(25,26)13-4-5-14(18)15(19)10-13/h4-5,10-11H,3,6-9H2,1-2H3,(H,20,21,22). The van der Waals surface area contributed by atoms with Crippen molar-refractivity contribution >= 4 is 21.7 Å². The Morgan fingerprint density at radius 2 is 1.78 bits per heavy atom. The number of hydrogen-bond acceptors (Lipinski definition) is 6. The number of aromatic nitrogens is 2. The van der Waals surface area contributed by atoms with Gasteiger partial charge in [0.05, 0.1) is 4.90 Å². The van der Waals surface area contributed by atoms with E-state index >= 15 is 0 Å². The Bertz CT molecular complexity index is 931. The first-order valence-corrected chi connectivity index (χ1v) is 10.0. The van der Waals surface area contributed by atoms with Crippen LogP contribution in [-0.2, 0) is 10.0 Å². The molecule has 1 aliphatic heterocycles. The summed E-state index contributed by atoms with van der Waals surface area (Å²) in [7, 11) is -3.88. The third-order valence-electron chi connectivity index (χ3n) is 4.27. The van der Waals surface area contributed by atoms with Gasteiger partial charge in [-0.1, -0.05) is 0 Å². The molecule has 1 N–H and O–H groups in total. The lowest BCUT2D eigenvalue weighted by molar-refractivity contribution is 0.383. The van der Waals surface area contributed by atoms with Gasteiger partial charge in [-0.3, -0.25) is 0 Å². The Morgan fingerprint density at radius 1 is 1.07 bits per heavy atom. The van der Waals surface area contributed by atoms with Crippen LogP contribution in [0.25, 0.3) is 0 Å². The highest BCUT2D eigenvalue weighted by Gasteiger charge is 2.29. The maximum Gasteiger partial charge on any atom is 0.243 e. The van der Waals surface area contributed by atoms with Crippen molar-refractivity contribution in [1.82, 2.24) is 14.3 Å². The molecule has 1 aliphatic rings. The largest absolute Gasteiger partial charge is 0.370 e. The SMILES string of the molecule is CCNc1cc(N2CCN(S(=O)(=O)c3ccc(F)c(F)c3)CC2)nc(C)n1. The number of sulfonamides is 1. The summed E-state index contributed by atoms with van der Waals surface area (Å²) < 4.78 is 53.1. The normalized spacial score (nSPS) is 15.8. The average molecular weight is 397 g/mol. The summed E-state index contributed by atoms with van der Waals surface area (Å²) in [5.74, 6) is -0.183. The lowest BCUT2D eigenvalue weighted by atomic mass is 10.3. The van der Waals surface area contributed by atoms with E-state index < -0.39 is 21.7 Å². The monoisotopic (exact) mass is 397 g/mol. The minimum absolute atomic E-state index is 0.223. The molecule has 2 heterocycles. The summed E-state index contributed by atoms with van der Waals surface area (Å²) >= 11 is 0. The first-order valence-electron chi connectivity index (χ1n) is 8.61. The quantitative estimate of drug-likeness (QED) is 0.832. The zero-order chi connectivity index (χ0) is 19.6. The second kappa shape index (κ2) is 7.73. The number of rotatable bonds is 5. The number of nitrogens with zero attached hydrogens (tertiary/aromatic N) is 4. The molecule has 0 spiro atoms. The highest BCUT2D eigenvalue weighted by atomic mass is 32.2. The van der Waals surface area contributed by atoms with E-state index in [1.54, 1.807) is 6.92 Å². The van der Waals surface area contributed by atoms with E-state index in [-0.39, 0.29) is 18.0 Å². The lowest BCUT2D eigenvalue weighted by Crippen LogP contribution is -2.49. The average Bonchev–Trinajstić information content (AvgIpc) is 2.64. The maximum atomic E-state index is 13.4. The fourth-order valence-corrected chi connectivity index (χ4v) is 4.36. The van der Waals surface area contributed by atoms with Gasteiger partial charge in [0.1, 0.15) is 17.5 Å². The molecule has 0 amide bonds. The molecule has 3 rings (SSSR count). The topological polar surface area (TPSA) is 78.4 Å². The Balaban J connectivity index is 1.74. The van der Waals surface area contributed by atoms with Gasteiger partial charge in [0.25, 0.3) is 0 Å². The van der Waals surface area contributed by atoms with Gasteiger partial charge in [0.15, 0.2) is 11.6 Å². The molecule has 10 heteroatoms. The number of piperazine rings is 1. The van der Waals surface area contributed by atoms with Gasteiger partial charge in [0.2, 0.25) is 10.0 Å². The molecular formula is C17H21F2N5O2S. The van der Waals surface area contributed by atoms with Crippen LogP contribution >= 0.6 is 0 Å². The van der Waals surface area contributed by atoms with Crippen molar-refractivity contribution in [2.24, 2.45) is 0 Å². The molecule has 0 aliphatic carbocycles. The van der Waals surface area contributed by atoms with Crippen LogP contribution in [0.2, 0.25) is 0 Å². The zero-order valence-corrected chi connectivity index (χ0v) is 15.9. The Kier molecular flexibility index (Phi) is 5.56. The fraction of sp³-hybridized carbons (Fsp3) is 0.412. The minimum atomic E-state index is -3.88. The number of aryl methyl sites for hydroxylation is 1. The molecule has 1 saturated heterocycles. The number of hydrogen-bond donors (Lipinski definition) is 1. The van der Waals surface area contributed by atoms with Crippen molar-refractivity contribution in [1.29, 1.82) is 0 Å². The van der Waals surface area contributed by atoms with Crippen LogP contribution in [0.1, 0.15) is 12.7 Å². The number of benzene rings is 1. The summed E-state index contributed by atoms with van der Waals surface area (Å²) in [4.78, 5) is 10.5. The third kappa shape index (κ3) is 4.16. The predicted octanol–water partition coefficient (Wildman–Crippen LogP) is 2.01. The van der Waals surface area contributed by atoms with E-state index in [0.29, 0.717) is 25.0 Å². The smallest absolute Gasteiger partial charge is 0.243 e. The van der Waals surface area contributed by atoms with Crippen LogP contribution in [0.15, 0.2) is 29.2 Å². The van der Waals surface area contributed by atoms with Gasteiger partial charge in [-0.15, -0.1) is 0 Å². The number of anilines is 2. The predicted molar refractivity (Wildman–Crippen MR) is 98.3 cm³/mol. The summed E-state index contributed by atoms with van der Waals surface area (Å²) in [5.41, 5.74) is 0. The first-order chi connectivity index (χ1) is 12.8. The molecule has 1 aromatic heterocycles. The highest BCUT2D eigenvalue weighted by Crippen LogP contribution is 2.22. The molecule has 27 heavy (non-hydrogen) atoms. The van der Waals surface area contributed by atoms with Crippen LogP contribution in [-0.4, -0.2) is 55.4 Å². The highest BCUT2D eigenvalue weighted by molar-refractivity contribution is 7.89. The van der Waals surface area contributed by atoms with E-state index in [4.69, 9.17) is 0 Å². The second-order valence-corrected chi connectivity index (χ2v) is 8.09. The Hall–Kier alpha value is -2.33. The van der Waals surface area contributed by atoms with Crippen LogP contribution in [0.5, 0.6) is 0 Å². The molecule has 0 radical (unpaired) electrons. The summed E-state index contributed by atoms with van der Waals surface area (Å²) in [6, 6.07) is 4.45. The molecule has 0 atom stereocenters. The van der Waals surface area contributed by atoms with Crippen LogP contribution in [0, 0.1) is 18.6 Å². The van der Waals surface area contributed by atoms with Gasteiger partial charge < -0.3 is 10.2 Å². The Labute approximate surface area is 157 Å². The van der Waals surface area contributed by atoms with Gasteiger partial charge in [-0.05, 0) is 32.0 Å². The van der Waals surface area contributed by atoms with Gasteiger partial charge in [-0.2, -0.15) is 4.31 Å². The van der Waals surface area contributed by atoms with E-state index in [1.807, 2.05) is 17.9 Å². The molecule has 1 aromatic carbocycles. The number of halogens is 2. The summed E-state index contributed by atoms with van der Waals surface area (Å²) in [6.45, 7) is 5.82. The van der Waals surface area contributed by atoms with E-state index in [0.717, 1.165) is 30.3 Å². The Morgan fingerprint density at radius 3 is 2.41 bits per heavy atom. The fourth-order valence-electron chi connectivity index (χ4n) is 2.93. The van der Waals surface area contributed by atoms with Crippen molar-refractivity contribution < 1.29 is 17.2 Å². The van der Waals surface area contributed by atoms with E-state index in [9.17, 15) is 17.2 Å². The van der Waals surface area contributed by atoms with Crippen LogP contribution in [0.3, 0.4) is 0 Å². The molecule has 146 valence electrons.